The summed E-state index contributed by atoms with van der Waals surface area (Å²) in [5, 5.41) is 8.55. The van der Waals surface area contributed by atoms with Crippen molar-refractivity contribution in [3.8, 4) is 5.75 Å². The summed E-state index contributed by atoms with van der Waals surface area (Å²) in [5.41, 5.74) is 0.566. The van der Waals surface area contributed by atoms with Crippen LogP contribution in [-0.2, 0) is 11.2 Å². The van der Waals surface area contributed by atoms with Gasteiger partial charge in [-0.15, -0.1) is 0 Å². The van der Waals surface area contributed by atoms with Crippen LogP contribution in [0.1, 0.15) is 5.56 Å². The van der Waals surface area contributed by atoms with E-state index in [1.165, 1.54) is 6.07 Å². The van der Waals surface area contributed by atoms with Crippen molar-refractivity contribution in [3.05, 3.63) is 42.5 Å². The average molecular weight is 210 g/mol. The molecule has 1 aromatic carbocycles. The summed E-state index contributed by atoms with van der Waals surface area (Å²) in [6, 6.07) is 6.30. The van der Waals surface area contributed by atoms with Crippen LogP contribution in [-0.4, -0.2) is 17.4 Å². The zero-order valence-corrected chi connectivity index (χ0v) is 8.02. The van der Waals surface area contributed by atoms with Gasteiger partial charge in [-0.25, -0.2) is 0 Å². The molecule has 1 aromatic rings. The summed E-state index contributed by atoms with van der Waals surface area (Å²) >= 11 is 0. The minimum atomic E-state index is -1.58. The van der Waals surface area contributed by atoms with Gasteiger partial charge in [0.05, 0.1) is 6.42 Å². The van der Waals surface area contributed by atoms with Crippen LogP contribution in [0, 0.1) is 0 Å². The topological polar surface area (TPSA) is 46.5 Å². The number of ether oxygens (including phenoxy) is 1. The Morgan fingerprint density at radius 3 is 3.00 bits per heavy atom. The summed E-state index contributed by atoms with van der Waals surface area (Å²) in [6.45, 7) is 3.23. The number of hydrogen-bond acceptors (Lipinski definition) is 2. The van der Waals surface area contributed by atoms with E-state index in [0.29, 0.717) is 11.3 Å². The highest BCUT2D eigenvalue weighted by atomic mass is 19.1. The Morgan fingerprint density at radius 2 is 2.40 bits per heavy atom. The second-order valence-electron chi connectivity index (χ2n) is 2.92. The largest absolute Gasteiger partial charge is 0.481 e. The molecule has 0 saturated heterocycles. The highest BCUT2D eigenvalue weighted by Gasteiger charge is 2.05. The molecule has 1 rings (SSSR count). The second-order valence-corrected chi connectivity index (χ2v) is 2.92. The molecule has 80 valence electrons. The summed E-state index contributed by atoms with van der Waals surface area (Å²) < 4.78 is 17.6. The van der Waals surface area contributed by atoms with E-state index in [1.807, 2.05) is 0 Å². The van der Waals surface area contributed by atoms with Gasteiger partial charge in [-0.05, 0) is 23.8 Å². The summed E-state index contributed by atoms with van der Waals surface area (Å²) in [4.78, 5) is 10.4. The SMILES string of the molecule is C=CC(F)Oc1cccc(CC(=O)O)c1. The third kappa shape index (κ3) is 3.81. The van der Waals surface area contributed by atoms with Gasteiger partial charge >= 0.3 is 5.97 Å². The predicted molar refractivity (Wildman–Crippen MR) is 53.5 cm³/mol. The molecule has 1 N–H and O–H groups in total. The molecule has 1 atom stereocenters. The van der Waals surface area contributed by atoms with Gasteiger partial charge in [0.2, 0.25) is 0 Å². The van der Waals surface area contributed by atoms with E-state index in [4.69, 9.17) is 9.84 Å². The normalized spacial score (nSPS) is 11.8. The van der Waals surface area contributed by atoms with Crippen molar-refractivity contribution in [2.45, 2.75) is 12.8 Å². The smallest absolute Gasteiger partial charge is 0.307 e. The first-order valence-electron chi connectivity index (χ1n) is 4.36. The Bertz CT molecular complexity index is 363. The number of rotatable bonds is 5. The van der Waals surface area contributed by atoms with Crippen LogP contribution in [0.25, 0.3) is 0 Å². The first-order valence-corrected chi connectivity index (χ1v) is 4.36. The molecular weight excluding hydrogens is 199 g/mol. The number of aliphatic carboxylic acids is 1. The number of alkyl halides is 1. The van der Waals surface area contributed by atoms with Crippen molar-refractivity contribution < 1.29 is 19.0 Å². The van der Waals surface area contributed by atoms with Gasteiger partial charge < -0.3 is 9.84 Å². The molecule has 0 aliphatic rings. The van der Waals surface area contributed by atoms with E-state index in [1.54, 1.807) is 18.2 Å². The first kappa shape index (κ1) is 11.2. The third-order valence-corrected chi connectivity index (χ3v) is 1.69. The van der Waals surface area contributed by atoms with Gasteiger partial charge in [0, 0.05) is 0 Å². The summed E-state index contributed by atoms with van der Waals surface area (Å²) in [5.74, 6) is -0.645. The second kappa shape index (κ2) is 5.14. The fourth-order valence-corrected chi connectivity index (χ4v) is 1.08. The molecule has 0 radical (unpaired) electrons. The van der Waals surface area contributed by atoms with Crippen LogP contribution in [0.15, 0.2) is 36.9 Å². The van der Waals surface area contributed by atoms with Crippen LogP contribution in [0.2, 0.25) is 0 Å². The van der Waals surface area contributed by atoms with E-state index < -0.39 is 12.3 Å². The maximum Gasteiger partial charge on any atom is 0.307 e. The Labute approximate surface area is 86.8 Å². The van der Waals surface area contributed by atoms with Gasteiger partial charge in [-0.2, -0.15) is 4.39 Å². The van der Waals surface area contributed by atoms with Crippen LogP contribution in [0.3, 0.4) is 0 Å². The third-order valence-electron chi connectivity index (χ3n) is 1.69. The van der Waals surface area contributed by atoms with Crippen molar-refractivity contribution in [2.24, 2.45) is 0 Å². The Kier molecular flexibility index (Phi) is 3.85. The number of carboxylic acid groups (broad SMARTS) is 1. The highest BCUT2D eigenvalue weighted by Crippen LogP contribution is 2.16. The summed E-state index contributed by atoms with van der Waals surface area (Å²) in [6.07, 6.45) is -0.670. The Balaban J connectivity index is 2.73. The molecule has 0 aromatic heterocycles. The standard InChI is InChI=1S/C11H11FO3/c1-2-10(12)15-9-5-3-4-8(6-9)7-11(13)14/h2-6,10H,1,7H2,(H,13,14). The van der Waals surface area contributed by atoms with Crippen molar-refractivity contribution in [3.63, 3.8) is 0 Å². The monoisotopic (exact) mass is 210 g/mol. The molecular formula is C11H11FO3. The van der Waals surface area contributed by atoms with Crippen LogP contribution < -0.4 is 4.74 Å². The fraction of sp³-hybridized carbons (Fsp3) is 0.182. The van der Waals surface area contributed by atoms with Gasteiger partial charge in [-0.3, -0.25) is 4.79 Å². The Morgan fingerprint density at radius 1 is 1.67 bits per heavy atom. The lowest BCUT2D eigenvalue weighted by Gasteiger charge is -2.08. The quantitative estimate of drug-likeness (QED) is 0.757. The molecule has 0 heterocycles. The minimum Gasteiger partial charge on any atom is -0.481 e. The van der Waals surface area contributed by atoms with Crippen molar-refractivity contribution in [1.29, 1.82) is 0 Å². The zero-order chi connectivity index (χ0) is 11.3. The van der Waals surface area contributed by atoms with E-state index in [2.05, 4.69) is 6.58 Å². The predicted octanol–water partition coefficient (Wildman–Crippen LogP) is 2.17. The van der Waals surface area contributed by atoms with Crippen molar-refractivity contribution in [2.75, 3.05) is 0 Å². The average Bonchev–Trinajstić information content (AvgIpc) is 2.17. The van der Waals surface area contributed by atoms with Gasteiger partial charge in [-0.1, -0.05) is 18.7 Å². The molecule has 0 saturated carbocycles. The molecule has 0 bridgehead atoms. The lowest BCUT2D eigenvalue weighted by atomic mass is 10.1. The molecule has 0 amide bonds. The number of carboxylic acids is 1. The summed E-state index contributed by atoms with van der Waals surface area (Å²) in [7, 11) is 0. The molecule has 0 aliphatic heterocycles. The van der Waals surface area contributed by atoms with Crippen LogP contribution in [0.4, 0.5) is 4.39 Å². The molecule has 4 heteroatoms. The molecule has 15 heavy (non-hydrogen) atoms. The van der Waals surface area contributed by atoms with E-state index in [9.17, 15) is 9.18 Å². The highest BCUT2D eigenvalue weighted by molar-refractivity contribution is 5.70. The fourth-order valence-electron chi connectivity index (χ4n) is 1.08. The van der Waals surface area contributed by atoms with Gasteiger partial charge in [0.1, 0.15) is 5.75 Å². The number of hydrogen-bond donors (Lipinski definition) is 1. The molecule has 3 nitrogen and oxygen atoms in total. The van der Waals surface area contributed by atoms with Gasteiger partial charge in [0.15, 0.2) is 0 Å². The van der Waals surface area contributed by atoms with E-state index in [-0.39, 0.29) is 6.42 Å². The zero-order valence-electron chi connectivity index (χ0n) is 8.02. The Hall–Kier alpha value is -1.84. The van der Waals surface area contributed by atoms with Crippen LogP contribution in [0.5, 0.6) is 5.75 Å². The lowest BCUT2D eigenvalue weighted by molar-refractivity contribution is -0.136. The number of carbonyl (C=O) groups is 1. The number of benzene rings is 1. The van der Waals surface area contributed by atoms with E-state index in [0.717, 1.165) is 6.08 Å². The minimum absolute atomic E-state index is 0.109. The molecule has 0 fully saturated rings. The van der Waals surface area contributed by atoms with Crippen LogP contribution >= 0.6 is 0 Å². The molecule has 1 unspecified atom stereocenters. The number of halogens is 1. The molecule has 0 aliphatic carbocycles. The molecule has 0 spiro atoms. The first-order chi connectivity index (χ1) is 7.11. The lowest BCUT2D eigenvalue weighted by Crippen LogP contribution is -2.06. The maximum atomic E-state index is 12.8. The van der Waals surface area contributed by atoms with E-state index >= 15 is 0 Å². The van der Waals surface area contributed by atoms with Crippen molar-refractivity contribution in [1.82, 2.24) is 0 Å². The van der Waals surface area contributed by atoms with Gasteiger partial charge in [0.25, 0.3) is 6.36 Å². The maximum absolute atomic E-state index is 12.8. The van der Waals surface area contributed by atoms with Crippen molar-refractivity contribution >= 4 is 5.97 Å².